The molecule has 3 aliphatic rings. The lowest BCUT2D eigenvalue weighted by atomic mass is 9.73. The Balaban J connectivity index is 1.48. The van der Waals surface area contributed by atoms with E-state index in [-0.39, 0.29) is 5.41 Å². The van der Waals surface area contributed by atoms with Crippen molar-refractivity contribution in [3.63, 3.8) is 0 Å². The van der Waals surface area contributed by atoms with Crippen LogP contribution in [-0.4, -0.2) is 30.3 Å². The highest BCUT2D eigenvalue weighted by Gasteiger charge is 2.44. The molecule has 1 saturated carbocycles. The van der Waals surface area contributed by atoms with Gasteiger partial charge in [-0.1, -0.05) is 54.6 Å². The lowest BCUT2D eigenvalue weighted by Gasteiger charge is -2.34. The molecule has 2 nitrogen and oxygen atoms in total. The summed E-state index contributed by atoms with van der Waals surface area (Å²) in [6.07, 6.45) is 10.1. The molecule has 5 rings (SSSR count). The van der Waals surface area contributed by atoms with Gasteiger partial charge in [0, 0.05) is 24.5 Å². The van der Waals surface area contributed by atoms with Crippen LogP contribution in [0.1, 0.15) is 47.9 Å². The Labute approximate surface area is 161 Å². The molecule has 138 valence electrons. The van der Waals surface area contributed by atoms with Crippen molar-refractivity contribution in [2.24, 2.45) is 0 Å². The minimum atomic E-state index is 0.266. The van der Waals surface area contributed by atoms with Crippen LogP contribution in [0.15, 0.2) is 60.2 Å². The van der Waals surface area contributed by atoms with Crippen LogP contribution in [0.25, 0.3) is 0 Å². The van der Waals surface area contributed by atoms with Crippen LogP contribution in [0.3, 0.4) is 0 Å². The van der Waals surface area contributed by atoms with Gasteiger partial charge in [0.25, 0.3) is 0 Å². The molecule has 2 heteroatoms. The molecule has 2 aromatic carbocycles. The average Bonchev–Trinajstić information content (AvgIpc) is 3.08. The van der Waals surface area contributed by atoms with Gasteiger partial charge in [0.05, 0.1) is 0 Å². The van der Waals surface area contributed by atoms with Gasteiger partial charge in [0.2, 0.25) is 0 Å². The van der Waals surface area contributed by atoms with Crippen molar-refractivity contribution >= 4 is 6.29 Å². The molecule has 0 amide bonds. The molecule has 0 bridgehead atoms. The SMILES string of the molecule is O=CC1=CCN(C2CCC3(Cc4ccccc4Cc4ccccc43)C2)CC1. The van der Waals surface area contributed by atoms with E-state index in [0.717, 1.165) is 37.8 Å². The first-order chi connectivity index (χ1) is 13.3. The number of aldehydes is 1. The van der Waals surface area contributed by atoms with Crippen LogP contribution in [-0.2, 0) is 23.1 Å². The molecule has 1 spiro atoms. The lowest BCUT2D eigenvalue weighted by molar-refractivity contribution is -0.105. The number of hydrogen-bond acceptors (Lipinski definition) is 2. The molecule has 0 N–H and O–H groups in total. The van der Waals surface area contributed by atoms with Crippen molar-refractivity contribution in [3.8, 4) is 0 Å². The summed E-state index contributed by atoms with van der Waals surface area (Å²) in [4.78, 5) is 13.6. The Morgan fingerprint density at radius 3 is 2.56 bits per heavy atom. The van der Waals surface area contributed by atoms with Crippen molar-refractivity contribution < 1.29 is 4.79 Å². The maximum atomic E-state index is 11.0. The Hall–Kier alpha value is -2.19. The third-order valence-corrected chi connectivity index (χ3v) is 7.14. The zero-order chi connectivity index (χ0) is 18.3. The first kappa shape index (κ1) is 16.9. The highest BCUT2D eigenvalue weighted by molar-refractivity contribution is 5.73. The normalized spacial score (nSPS) is 27.6. The van der Waals surface area contributed by atoms with E-state index >= 15 is 0 Å². The molecule has 0 saturated heterocycles. The standard InChI is InChI=1S/C25H27NO/c27-18-19-10-13-26(14-11-19)23-9-12-25(17-23)16-22-7-2-1-5-20(22)15-21-6-3-4-8-24(21)25/h1-8,10,18,23H,9,11-17H2. The van der Waals surface area contributed by atoms with Crippen LogP contribution in [0.5, 0.6) is 0 Å². The topological polar surface area (TPSA) is 20.3 Å². The van der Waals surface area contributed by atoms with E-state index < -0.39 is 0 Å². The van der Waals surface area contributed by atoms with Crippen molar-refractivity contribution in [1.82, 2.24) is 4.90 Å². The minimum absolute atomic E-state index is 0.266. The first-order valence-corrected chi connectivity index (χ1v) is 10.3. The number of fused-ring (bicyclic) bond motifs is 3. The van der Waals surface area contributed by atoms with E-state index in [4.69, 9.17) is 0 Å². The van der Waals surface area contributed by atoms with Gasteiger partial charge in [-0.25, -0.2) is 0 Å². The summed E-state index contributed by atoms with van der Waals surface area (Å²) in [6, 6.07) is 18.8. The molecular weight excluding hydrogens is 330 g/mol. The molecule has 2 atom stereocenters. The van der Waals surface area contributed by atoms with Crippen molar-refractivity contribution in [1.29, 1.82) is 0 Å². The highest BCUT2D eigenvalue weighted by Crippen LogP contribution is 2.49. The number of hydrogen-bond donors (Lipinski definition) is 0. The second kappa shape index (κ2) is 6.76. The second-order valence-corrected chi connectivity index (χ2v) is 8.60. The van der Waals surface area contributed by atoms with Crippen LogP contribution >= 0.6 is 0 Å². The Morgan fingerprint density at radius 2 is 1.78 bits per heavy atom. The highest BCUT2D eigenvalue weighted by atomic mass is 16.1. The van der Waals surface area contributed by atoms with Gasteiger partial charge in [-0.15, -0.1) is 0 Å². The van der Waals surface area contributed by atoms with E-state index in [9.17, 15) is 4.79 Å². The molecule has 0 aromatic heterocycles. The van der Waals surface area contributed by atoms with E-state index in [2.05, 4.69) is 59.5 Å². The van der Waals surface area contributed by atoms with Crippen molar-refractivity contribution in [2.45, 2.75) is 50.0 Å². The summed E-state index contributed by atoms with van der Waals surface area (Å²) < 4.78 is 0. The summed E-state index contributed by atoms with van der Waals surface area (Å²) in [6.45, 7) is 1.97. The van der Waals surface area contributed by atoms with Gasteiger partial charge in [-0.05, 0) is 66.4 Å². The summed E-state index contributed by atoms with van der Waals surface area (Å²) in [5.74, 6) is 0. The van der Waals surface area contributed by atoms with E-state index in [1.807, 2.05) is 0 Å². The van der Waals surface area contributed by atoms with Crippen molar-refractivity contribution in [3.05, 3.63) is 82.4 Å². The quantitative estimate of drug-likeness (QED) is 0.740. The fourth-order valence-electron chi connectivity index (χ4n) is 5.71. The fourth-order valence-corrected chi connectivity index (χ4v) is 5.71. The molecule has 0 radical (unpaired) electrons. The average molecular weight is 357 g/mol. The summed E-state index contributed by atoms with van der Waals surface area (Å²) >= 11 is 0. The van der Waals surface area contributed by atoms with Crippen LogP contribution < -0.4 is 0 Å². The zero-order valence-electron chi connectivity index (χ0n) is 15.9. The van der Waals surface area contributed by atoms with Crippen molar-refractivity contribution in [2.75, 3.05) is 13.1 Å². The molecule has 2 aliphatic carbocycles. The summed E-state index contributed by atoms with van der Waals surface area (Å²) in [5.41, 5.74) is 7.39. The number of carbonyl (C=O) groups excluding carboxylic acids is 1. The third-order valence-electron chi connectivity index (χ3n) is 7.14. The number of carbonyl (C=O) groups is 1. The smallest absolute Gasteiger partial charge is 0.145 e. The Bertz CT molecular complexity index is 899. The number of benzene rings is 2. The number of nitrogens with zero attached hydrogens (tertiary/aromatic N) is 1. The largest absolute Gasteiger partial charge is 0.298 e. The molecule has 1 heterocycles. The zero-order valence-corrected chi connectivity index (χ0v) is 15.9. The van der Waals surface area contributed by atoms with Gasteiger partial charge < -0.3 is 0 Å². The maximum Gasteiger partial charge on any atom is 0.145 e. The van der Waals surface area contributed by atoms with Gasteiger partial charge in [0.15, 0.2) is 0 Å². The number of rotatable bonds is 2. The van der Waals surface area contributed by atoms with Gasteiger partial charge in [-0.3, -0.25) is 9.69 Å². The molecule has 1 aliphatic heterocycles. The van der Waals surface area contributed by atoms with Gasteiger partial charge in [0.1, 0.15) is 6.29 Å². The Kier molecular flexibility index (Phi) is 4.24. The van der Waals surface area contributed by atoms with E-state index in [1.54, 1.807) is 5.56 Å². The van der Waals surface area contributed by atoms with Gasteiger partial charge in [-0.2, -0.15) is 0 Å². The fraction of sp³-hybridized carbons (Fsp3) is 0.400. The second-order valence-electron chi connectivity index (χ2n) is 8.60. The molecule has 27 heavy (non-hydrogen) atoms. The lowest BCUT2D eigenvalue weighted by Crippen LogP contribution is -2.39. The predicted molar refractivity (Wildman–Crippen MR) is 109 cm³/mol. The Morgan fingerprint density at radius 1 is 1.00 bits per heavy atom. The van der Waals surface area contributed by atoms with Gasteiger partial charge >= 0.3 is 0 Å². The first-order valence-electron chi connectivity index (χ1n) is 10.3. The van der Waals surface area contributed by atoms with Crippen LogP contribution in [0, 0.1) is 0 Å². The van der Waals surface area contributed by atoms with Crippen LogP contribution in [0.2, 0.25) is 0 Å². The maximum absolute atomic E-state index is 11.0. The summed E-state index contributed by atoms with van der Waals surface area (Å²) in [5, 5.41) is 0. The van der Waals surface area contributed by atoms with Crippen LogP contribution in [0.4, 0.5) is 0 Å². The molecule has 1 fully saturated rings. The molecule has 2 aromatic rings. The third kappa shape index (κ3) is 2.96. The monoisotopic (exact) mass is 357 g/mol. The predicted octanol–water partition coefficient (Wildman–Crippen LogP) is 4.45. The molecule has 2 unspecified atom stereocenters. The molecular formula is C25H27NO. The van der Waals surface area contributed by atoms with E-state index in [1.165, 1.54) is 42.4 Å². The minimum Gasteiger partial charge on any atom is -0.298 e. The van der Waals surface area contributed by atoms with E-state index in [0.29, 0.717) is 6.04 Å². The summed E-state index contributed by atoms with van der Waals surface area (Å²) in [7, 11) is 0.